The fraction of sp³-hybridized carbons (Fsp3) is 0.375. The second-order valence-corrected chi connectivity index (χ2v) is 8.74. The van der Waals surface area contributed by atoms with Gasteiger partial charge < -0.3 is 29.3 Å². The number of anilines is 2. The number of carbonyl (C=O) groups excluding carboxylic acids is 1. The Kier molecular flexibility index (Phi) is 7.36. The van der Waals surface area contributed by atoms with E-state index in [4.69, 9.17) is 19.2 Å². The first-order valence-corrected chi connectivity index (χ1v) is 11.8. The van der Waals surface area contributed by atoms with Gasteiger partial charge in [-0.2, -0.15) is 4.37 Å². The van der Waals surface area contributed by atoms with Crippen LogP contribution in [0.5, 0.6) is 17.2 Å². The largest absolute Gasteiger partial charge is 0.497 e. The van der Waals surface area contributed by atoms with E-state index < -0.39 is 0 Å². The van der Waals surface area contributed by atoms with E-state index >= 15 is 0 Å². The molecule has 0 spiro atoms. The monoisotopic (exact) mass is 483 g/mol. The van der Waals surface area contributed by atoms with Crippen molar-refractivity contribution in [2.24, 2.45) is 0 Å². The third-order valence-electron chi connectivity index (χ3n) is 5.76. The highest BCUT2D eigenvalue weighted by molar-refractivity contribution is 7.09. The molecule has 10 heteroatoms. The molecule has 180 valence electrons. The molecule has 9 nitrogen and oxygen atoms in total. The second-order valence-electron chi connectivity index (χ2n) is 8.01. The Hall–Kier alpha value is -3.53. The van der Waals surface area contributed by atoms with E-state index in [1.807, 2.05) is 36.1 Å². The minimum atomic E-state index is -0.161. The Bertz CT molecular complexity index is 1140. The molecule has 0 saturated carbocycles. The molecule has 1 aliphatic heterocycles. The Morgan fingerprint density at radius 2 is 1.88 bits per heavy atom. The summed E-state index contributed by atoms with van der Waals surface area (Å²) in [6.45, 7) is 3.98. The molecule has 0 radical (unpaired) electrons. The van der Waals surface area contributed by atoms with Gasteiger partial charge in [0.25, 0.3) is 0 Å². The van der Waals surface area contributed by atoms with Crippen LogP contribution in [0, 0.1) is 0 Å². The van der Waals surface area contributed by atoms with Crippen molar-refractivity contribution in [3.8, 4) is 17.2 Å². The van der Waals surface area contributed by atoms with Crippen molar-refractivity contribution >= 4 is 28.4 Å². The number of aromatic nitrogens is 2. The average Bonchev–Trinajstić information content (AvgIpc) is 3.32. The number of rotatable bonds is 7. The van der Waals surface area contributed by atoms with Crippen LogP contribution in [0.25, 0.3) is 0 Å². The molecule has 1 unspecified atom stereocenters. The molecule has 2 aromatic carbocycles. The van der Waals surface area contributed by atoms with E-state index in [1.165, 1.54) is 11.5 Å². The highest BCUT2D eigenvalue weighted by Crippen LogP contribution is 2.30. The summed E-state index contributed by atoms with van der Waals surface area (Å²) in [6.07, 6.45) is 0.648. The molecule has 1 aliphatic rings. The lowest BCUT2D eigenvalue weighted by atomic mass is 10.1. The Labute approximate surface area is 203 Å². The zero-order valence-electron chi connectivity index (χ0n) is 19.8. The molecule has 1 atom stereocenters. The number of piperazine rings is 1. The molecule has 2 amide bonds. The smallest absolute Gasteiger partial charge is 0.322 e. The van der Waals surface area contributed by atoms with Crippen molar-refractivity contribution in [1.29, 1.82) is 0 Å². The average molecular weight is 484 g/mol. The van der Waals surface area contributed by atoms with Crippen molar-refractivity contribution in [2.75, 3.05) is 51.2 Å². The van der Waals surface area contributed by atoms with Crippen LogP contribution >= 0.6 is 11.5 Å². The van der Waals surface area contributed by atoms with Crippen LogP contribution in [-0.2, 0) is 6.42 Å². The fourth-order valence-electron chi connectivity index (χ4n) is 3.93. The molecule has 0 aliphatic carbocycles. The maximum absolute atomic E-state index is 13.0. The molecule has 1 aromatic heterocycles. The molecular weight excluding hydrogens is 454 g/mol. The second kappa shape index (κ2) is 10.6. The summed E-state index contributed by atoms with van der Waals surface area (Å²) in [5, 5.41) is 3.84. The van der Waals surface area contributed by atoms with Crippen molar-refractivity contribution in [3.05, 3.63) is 53.9 Å². The molecule has 1 saturated heterocycles. The summed E-state index contributed by atoms with van der Waals surface area (Å²) in [4.78, 5) is 21.7. The number of benzene rings is 2. The number of hydrogen-bond donors (Lipinski definition) is 1. The molecule has 1 fully saturated rings. The number of hydrogen-bond acceptors (Lipinski definition) is 8. The SMILES string of the molecule is COc1cccc(Cc2nsc(N3CCN(C(=O)Nc4ccc(OC)cc4OC)C(C)C3)n2)c1. The van der Waals surface area contributed by atoms with E-state index in [9.17, 15) is 4.79 Å². The standard InChI is InChI=1S/C24H29N5O4S/c1-16-15-28(24-26-22(27-34-24)13-17-6-5-7-18(12-17)31-2)10-11-29(16)23(30)25-20-9-8-19(32-3)14-21(20)33-4/h5-9,12,14,16H,10-11,13,15H2,1-4H3,(H,25,30). The number of urea groups is 1. The van der Waals surface area contributed by atoms with Gasteiger partial charge in [0, 0.05) is 49.7 Å². The predicted molar refractivity (Wildman–Crippen MR) is 133 cm³/mol. The zero-order valence-corrected chi connectivity index (χ0v) is 20.6. The first-order valence-electron chi connectivity index (χ1n) is 11.0. The number of nitrogens with zero attached hydrogens (tertiary/aromatic N) is 4. The van der Waals surface area contributed by atoms with Crippen LogP contribution in [0.1, 0.15) is 18.3 Å². The quantitative estimate of drug-likeness (QED) is 0.545. The predicted octanol–water partition coefficient (Wildman–Crippen LogP) is 3.90. The van der Waals surface area contributed by atoms with Crippen molar-refractivity contribution < 1.29 is 19.0 Å². The Morgan fingerprint density at radius 3 is 2.62 bits per heavy atom. The highest BCUT2D eigenvalue weighted by Gasteiger charge is 2.29. The summed E-state index contributed by atoms with van der Waals surface area (Å²) in [5.41, 5.74) is 1.71. The highest BCUT2D eigenvalue weighted by atomic mass is 32.1. The van der Waals surface area contributed by atoms with Gasteiger partial charge in [0.1, 0.15) is 23.1 Å². The van der Waals surface area contributed by atoms with Crippen LogP contribution in [0.3, 0.4) is 0 Å². The third-order valence-corrected chi connectivity index (χ3v) is 6.58. The minimum absolute atomic E-state index is 0.00345. The Balaban J connectivity index is 1.36. The normalized spacial score (nSPS) is 15.7. The lowest BCUT2D eigenvalue weighted by Crippen LogP contribution is -2.55. The van der Waals surface area contributed by atoms with Gasteiger partial charge in [0.15, 0.2) is 0 Å². The maximum Gasteiger partial charge on any atom is 0.322 e. The zero-order chi connectivity index (χ0) is 24.1. The number of amides is 2. The van der Waals surface area contributed by atoms with Gasteiger partial charge in [0.2, 0.25) is 5.13 Å². The number of methoxy groups -OCH3 is 3. The van der Waals surface area contributed by atoms with E-state index in [1.54, 1.807) is 39.5 Å². The molecular formula is C24H29N5O4S. The van der Waals surface area contributed by atoms with E-state index in [0.29, 0.717) is 43.2 Å². The summed E-state index contributed by atoms with van der Waals surface area (Å²) in [6, 6.07) is 13.1. The van der Waals surface area contributed by atoms with Gasteiger partial charge in [-0.3, -0.25) is 0 Å². The number of carbonyl (C=O) groups is 1. The van der Waals surface area contributed by atoms with Crippen LogP contribution < -0.4 is 24.4 Å². The molecule has 4 rings (SSSR count). The third kappa shape index (κ3) is 5.33. The molecule has 0 bridgehead atoms. The van der Waals surface area contributed by atoms with Crippen LogP contribution in [-0.4, -0.2) is 67.3 Å². The van der Waals surface area contributed by atoms with Crippen molar-refractivity contribution in [1.82, 2.24) is 14.3 Å². The van der Waals surface area contributed by atoms with Crippen LogP contribution in [0.2, 0.25) is 0 Å². The summed E-state index contributed by atoms with van der Waals surface area (Å²) in [5.74, 6) is 2.83. The number of ether oxygens (including phenoxy) is 3. The van der Waals surface area contributed by atoms with Gasteiger partial charge >= 0.3 is 6.03 Å². The first kappa shape index (κ1) is 23.6. The van der Waals surface area contributed by atoms with Gasteiger partial charge in [0.05, 0.1) is 27.0 Å². The van der Waals surface area contributed by atoms with E-state index in [-0.39, 0.29) is 12.1 Å². The summed E-state index contributed by atoms with van der Waals surface area (Å²) in [7, 11) is 4.82. The molecule has 3 aromatic rings. The topological polar surface area (TPSA) is 89.1 Å². The first-order chi connectivity index (χ1) is 16.5. The van der Waals surface area contributed by atoms with Gasteiger partial charge in [-0.15, -0.1) is 0 Å². The van der Waals surface area contributed by atoms with E-state index in [0.717, 1.165) is 22.3 Å². The van der Waals surface area contributed by atoms with Gasteiger partial charge in [-0.25, -0.2) is 9.78 Å². The number of nitrogens with one attached hydrogen (secondary N) is 1. The minimum Gasteiger partial charge on any atom is -0.497 e. The lowest BCUT2D eigenvalue weighted by molar-refractivity contribution is 0.184. The molecule has 1 N–H and O–H groups in total. The van der Waals surface area contributed by atoms with Crippen LogP contribution in [0.15, 0.2) is 42.5 Å². The van der Waals surface area contributed by atoms with Crippen molar-refractivity contribution in [3.63, 3.8) is 0 Å². The summed E-state index contributed by atoms with van der Waals surface area (Å²) >= 11 is 1.39. The van der Waals surface area contributed by atoms with E-state index in [2.05, 4.69) is 14.6 Å². The lowest BCUT2D eigenvalue weighted by Gasteiger charge is -2.39. The molecule has 2 heterocycles. The summed E-state index contributed by atoms with van der Waals surface area (Å²) < 4.78 is 20.5. The van der Waals surface area contributed by atoms with Crippen molar-refractivity contribution in [2.45, 2.75) is 19.4 Å². The Morgan fingerprint density at radius 1 is 1.09 bits per heavy atom. The van der Waals surface area contributed by atoms with Gasteiger partial charge in [-0.05, 0) is 36.8 Å². The van der Waals surface area contributed by atoms with Gasteiger partial charge in [-0.1, -0.05) is 12.1 Å². The fourth-order valence-corrected chi connectivity index (χ4v) is 4.65. The maximum atomic E-state index is 13.0. The van der Waals surface area contributed by atoms with Crippen LogP contribution in [0.4, 0.5) is 15.6 Å². The molecule has 34 heavy (non-hydrogen) atoms.